The molecule has 1 heterocycles. The molecule has 0 saturated heterocycles. The number of aromatic nitrogens is 1. The van der Waals surface area contributed by atoms with Crippen LogP contribution in [0.15, 0.2) is 64.3 Å². The van der Waals surface area contributed by atoms with Gasteiger partial charge in [0.1, 0.15) is 11.4 Å². The van der Waals surface area contributed by atoms with Crippen LogP contribution in [0.1, 0.15) is 43.2 Å². The van der Waals surface area contributed by atoms with Crippen molar-refractivity contribution in [1.29, 1.82) is 0 Å². The molecule has 0 radical (unpaired) electrons. The van der Waals surface area contributed by atoms with Gasteiger partial charge in [-0.3, -0.25) is 14.3 Å². The van der Waals surface area contributed by atoms with E-state index in [9.17, 15) is 9.59 Å². The number of hydrogen-bond acceptors (Lipinski definition) is 7. The number of primary amides is 1. The molecular weight excluding hydrogens is 456 g/mol. The maximum Gasteiger partial charge on any atom is 0.268 e. The van der Waals surface area contributed by atoms with E-state index in [0.29, 0.717) is 18.5 Å². The van der Waals surface area contributed by atoms with E-state index in [1.165, 1.54) is 11.3 Å². The smallest absolute Gasteiger partial charge is 0.268 e. The molecule has 9 heteroatoms. The number of nitrogens with one attached hydrogen (secondary N) is 2. The number of hydrogen-bond donors (Lipinski definition) is 3. The minimum absolute atomic E-state index is 0.0176. The van der Waals surface area contributed by atoms with E-state index < -0.39 is 5.91 Å². The molecular formula is C24H30N4O3S2. The van der Waals surface area contributed by atoms with Gasteiger partial charge in [-0.15, -0.1) is 11.3 Å². The second-order valence-corrected chi connectivity index (χ2v) is 9.71. The predicted octanol–water partition coefficient (Wildman–Crippen LogP) is 4.90. The van der Waals surface area contributed by atoms with Crippen LogP contribution >= 0.6 is 23.3 Å². The van der Waals surface area contributed by atoms with Crippen LogP contribution in [0.25, 0.3) is 0 Å². The maximum atomic E-state index is 12.1. The molecule has 2 aromatic carbocycles. The quantitative estimate of drug-likeness (QED) is 0.391. The van der Waals surface area contributed by atoms with Crippen LogP contribution in [0, 0.1) is 0 Å². The molecule has 2 amide bonds. The van der Waals surface area contributed by atoms with Crippen LogP contribution in [0.3, 0.4) is 0 Å². The average Bonchev–Trinajstić information content (AvgIpc) is 3.33. The molecule has 1 aromatic heterocycles. The first-order chi connectivity index (χ1) is 15.7. The van der Waals surface area contributed by atoms with Gasteiger partial charge in [-0.05, 0) is 81.1 Å². The van der Waals surface area contributed by atoms with Crippen molar-refractivity contribution in [1.82, 2.24) is 9.71 Å². The van der Waals surface area contributed by atoms with Crippen LogP contribution in [-0.4, -0.2) is 29.4 Å². The van der Waals surface area contributed by atoms with Crippen molar-refractivity contribution in [3.05, 3.63) is 70.7 Å². The van der Waals surface area contributed by atoms with E-state index in [1.807, 2.05) is 48.5 Å². The number of carbonyl (C=O) groups is 2. The average molecular weight is 487 g/mol. The first-order valence-corrected chi connectivity index (χ1v) is 12.1. The number of ether oxygens (including phenoxy) is 1. The number of rotatable bonds is 8. The third-order valence-electron chi connectivity index (χ3n) is 4.10. The number of carbonyl (C=O) groups excluding carboxylic acids is 2. The Morgan fingerprint density at radius 3 is 2.24 bits per heavy atom. The molecule has 0 unspecified atom stereocenters. The molecule has 33 heavy (non-hydrogen) atoms. The fraction of sp³-hybridized carbons (Fsp3) is 0.292. The van der Waals surface area contributed by atoms with Gasteiger partial charge in [0.2, 0.25) is 5.91 Å². The molecule has 4 N–H and O–H groups in total. The lowest BCUT2D eigenvalue weighted by Gasteiger charge is -2.19. The summed E-state index contributed by atoms with van der Waals surface area (Å²) in [4.78, 5) is 27.1. The molecule has 0 fully saturated rings. The molecule has 0 aliphatic heterocycles. The summed E-state index contributed by atoms with van der Waals surface area (Å²) in [6.45, 7) is 6.37. The van der Waals surface area contributed by atoms with Gasteiger partial charge in [0, 0.05) is 27.9 Å². The van der Waals surface area contributed by atoms with Crippen molar-refractivity contribution in [2.45, 2.75) is 44.0 Å². The summed E-state index contributed by atoms with van der Waals surface area (Å²) in [5.41, 5.74) is 8.77. The second kappa shape index (κ2) is 13.0. The number of nitrogens with zero attached hydrogens (tertiary/aromatic N) is 1. The molecule has 0 bridgehead atoms. The summed E-state index contributed by atoms with van der Waals surface area (Å²) in [6, 6.07) is 15.7. The highest BCUT2D eigenvalue weighted by atomic mass is 32.2. The first kappa shape index (κ1) is 26.4. The van der Waals surface area contributed by atoms with Crippen LogP contribution in [0.2, 0.25) is 0 Å². The van der Waals surface area contributed by atoms with Crippen molar-refractivity contribution < 1.29 is 14.3 Å². The lowest BCUT2D eigenvalue weighted by molar-refractivity contribution is -0.116. The summed E-state index contributed by atoms with van der Waals surface area (Å²) in [7, 11) is 1.64. The topological polar surface area (TPSA) is 106 Å². The number of nitrogens with two attached hydrogens (primary N) is 1. The zero-order valence-corrected chi connectivity index (χ0v) is 20.9. The summed E-state index contributed by atoms with van der Waals surface area (Å²) >= 11 is 2.95. The Hall–Kier alpha value is -2.88. The summed E-state index contributed by atoms with van der Waals surface area (Å²) in [5, 5.41) is 4.55. The summed E-state index contributed by atoms with van der Waals surface area (Å²) in [6.07, 6.45) is 1.16. The van der Waals surface area contributed by atoms with Crippen molar-refractivity contribution in [2.24, 2.45) is 5.73 Å². The summed E-state index contributed by atoms with van der Waals surface area (Å²) < 4.78 is 8.50. The Kier molecular flexibility index (Phi) is 10.4. The van der Waals surface area contributed by atoms with Gasteiger partial charge in [0.05, 0.1) is 12.6 Å². The normalized spacial score (nSPS) is 10.7. The molecule has 0 saturated carbocycles. The second-order valence-electron chi connectivity index (χ2n) is 8.11. The SMILES string of the molecule is COc1ccc(CCC(=O)Nc2ccc(SNC(C)(C)C)cc2)cc1.NC(=O)c1cscn1. The molecule has 3 aromatic rings. The fourth-order valence-electron chi connectivity index (χ4n) is 2.43. The zero-order valence-electron chi connectivity index (χ0n) is 19.3. The molecule has 3 rings (SSSR count). The number of methoxy groups -OCH3 is 1. The lowest BCUT2D eigenvalue weighted by Crippen LogP contribution is -2.29. The lowest BCUT2D eigenvalue weighted by atomic mass is 10.1. The Morgan fingerprint density at radius 2 is 1.76 bits per heavy atom. The highest BCUT2D eigenvalue weighted by molar-refractivity contribution is 7.97. The number of amides is 2. The fourth-order valence-corrected chi connectivity index (χ4v) is 3.66. The van der Waals surface area contributed by atoms with Crippen molar-refractivity contribution >= 4 is 40.8 Å². The highest BCUT2D eigenvalue weighted by Crippen LogP contribution is 2.20. The van der Waals surface area contributed by atoms with Crippen molar-refractivity contribution in [2.75, 3.05) is 12.4 Å². The van der Waals surface area contributed by atoms with E-state index in [-0.39, 0.29) is 11.4 Å². The predicted molar refractivity (Wildman–Crippen MR) is 136 cm³/mol. The molecule has 0 aliphatic rings. The van der Waals surface area contributed by atoms with Crippen molar-refractivity contribution in [3.63, 3.8) is 0 Å². The maximum absolute atomic E-state index is 12.1. The largest absolute Gasteiger partial charge is 0.497 e. The van der Waals surface area contributed by atoms with Gasteiger partial charge < -0.3 is 15.8 Å². The van der Waals surface area contributed by atoms with Gasteiger partial charge in [-0.1, -0.05) is 12.1 Å². The van der Waals surface area contributed by atoms with E-state index >= 15 is 0 Å². The molecule has 176 valence electrons. The van der Waals surface area contributed by atoms with E-state index in [0.717, 1.165) is 21.9 Å². The minimum Gasteiger partial charge on any atom is -0.497 e. The van der Waals surface area contributed by atoms with Gasteiger partial charge in [0.15, 0.2) is 0 Å². The van der Waals surface area contributed by atoms with Crippen LogP contribution in [0.5, 0.6) is 5.75 Å². The standard InChI is InChI=1S/C20H26N2O2S.C4H4N2OS/c1-20(2,3)22-25-18-12-8-16(9-13-18)21-19(23)14-7-15-5-10-17(24-4)11-6-15;5-4(7)3-1-8-2-6-3/h5-6,8-13,22H,7,14H2,1-4H3,(H,21,23);1-2H,(H2,5,7). The zero-order chi connectivity index (χ0) is 24.3. The number of thiazole rings is 1. The Bertz CT molecular complexity index is 1000. The molecule has 0 atom stereocenters. The number of anilines is 1. The third-order valence-corrected chi connectivity index (χ3v) is 5.91. The van der Waals surface area contributed by atoms with Crippen LogP contribution < -0.4 is 20.5 Å². The first-order valence-electron chi connectivity index (χ1n) is 10.3. The van der Waals surface area contributed by atoms with Crippen LogP contribution in [-0.2, 0) is 11.2 Å². The Morgan fingerprint density at radius 1 is 1.09 bits per heavy atom. The highest BCUT2D eigenvalue weighted by Gasteiger charge is 2.09. The van der Waals surface area contributed by atoms with Gasteiger partial charge >= 0.3 is 0 Å². The Balaban J connectivity index is 0.000000405. The molecule has 0 aliphatic carbocycles. The van der Waals surface area contributed by atoms with E-state index in [4.69, 9.17) is 10.5 Å². The van der Waals surface area contributed by atoms with E-state index in [1.54, 1.807) is 29.9 Å². The Labute approximate surface area is 203 Å². The van der Waals surface area contributed by atoms with Crippen LogP contribution in [0.4, 0.5) is 5.69 Å². The van der Waals surface area contributed by atoms with Gasteiger partial charge in [-0.2, -0.15) is 0 Å². The minimum atomic E-state index is -0.466. The van der Waals surface area contributed by atoms with Gasteiger partial charge in [0.25, 0.3) is 5.91 Å². The number of aryl methyl sites for hydroxylation is 1. The molecule has 0 spiro atoms. The third kappa shape index (κ3) is 10.5. The van der Waals surface area contributed by atoms with Crippen molar-refractivity contribution in [3.8, 4) is 5.75 Å². The van der Waals surface area contributed by atoms with Gasteiger partial charge in [-0.25, -0.2) is 4.98 Å². The van der Waals surface area contributed by atoms with E-state index in [2.05, 4.69) is 35.8 Å². The molecule has 7 nitrogen and oxygen atoms in total. The monoisotopic (exact) mass is 486 g/mol. The summed E-state index contributed by atoms with van der Waals surface area (Å²) in [5.74, 6) is 0.377. The number of benzene rings is 2.